The van der Waals surface area contributed by atoms with Gasteiger partial charge >= 0.3 is 0 Å². The SMILES string of the molecule is CC1(C)Cn2cc(-c3ccc(Oc4ccccc4)cc3)c(-c3ccccc3)c2C1C=O. The third kappa shape index (κ3) is 3.46. The van der Waals surface area contributed by atoms with Gasteiger partial charge < -0.3 is 14.1 Å². The lowest BCUT2D eigenvalue weighted by Crippen LogP contribution is -2.19. The predicted octanol–water partition coefficient (Wildman–Crippen LogP) is 6.94. The Bertz CT molecular complexity index is 1210. The van der Waals surface area contributed by atoms with Crippen molar-refractivity contribution < 1.29 is 9.53 Å². The number of aldehydes is 1. The first-order valence-electron chi connectivity index (χ1n) is 10.6. The average molecular weight is 408 g/mol. The zero-order valence-electron chi connectivity index (χ0n) is 17.8. The number of ether oxygens (including phenoxy) is 1. The van der Waals surface area contributed by atoms with Gasteiger partial charge in [0.05, 0.1) is 5.92 Å². The zero-order valence-corrected chi connectivity index (χ0v) is 17.8. The van der Waals surface area contributed by atoms with Gasteiger partial charge in [-0.1, -0.05) is 74.5 Å². The van der Waals surface area contributed by atoms with E-state index in [1.54, 1.807) is 0 Å². The monoisotopic (exact) mass is 407 g/mol. The van der Waals surface area contributed by atoms with Crippen LogP contribution in [0.15, 0.2) is 91.1 Å². The number of benzene rings is 3. The molecule has 0 spiro atoms. The molecule has 2 heterocycles. The minimum atomic E-state index is -0.128. The molecule has 1 unspecified atom stereocenters. The highest BCUT2D eigenvalue weighted by molar-refractivity contribution is 5.88. The Labute approximate surface area is 182 Å². The second-order valence-electron chi connectivity index (χ2n) is 8.84. The van der Waals surface area contributed by atoms with E-state index in [-0.39, 0.29) is 11.3 Å². The minimum absolute atomic E-state index is 0.0907. The summed E-state index contributed by atoms with van der Waals surface area (Å²) in [6.45, 7) is 5.17. The van der Waals surface area contributed by atoms with Gasteiger partial charge in [0.1, 0.15) is 17.8 Å². The molecule has 31 heavy (non-hydrogen) atoms. The molecule has 3 heteroatoms. The van der Waals surface area contributed by atoms with Crippen molar-refractivity contribution in [1.29, 1.82) is 0 Å². The van der Waals surface area contributed by atoms with Crippen molar-refractivity contribution >= 4 is 6.29 Å². The van der Waals surface area contributed by atoms with Crippen LogP contribution in [-0.2, 0) is 11.3 Å². The van der Waals surface area contributed by atoms with Gasteiger partial charge in [0.15, 0.2) is 0 Å². The third-order valence-electron chi connectivity index (χ3n) is 6.18. The van der Waals surface area contributed by atoms with E-state index < -0.39 is 0 Å². The van der Waals surface area contributed by atoms with Crippen molar-refractivity contribution in [3.05, 3.63) is 96.8 Å². The van der Waals surface area contributed by atoms with Gasteiger partial charge in [-0.3, -0.25) is 0 Å². The normalized spacial score (nSPS) is 16.6. The molecule has 0 saturated heterocycles. The van der Waals surface area contributed by atoms with Crippen molar-refractivity contribution in [2.75, 3.05) is 0 Å². The molecule has 1 aliphatic rings. The number of carbonyl (C=O) groups is 1. The largest absolute Gasteiger partial charge is 0.457 e. The highest BCUT2D eigenvalue weighted by Crippen LogP contribution is 2.50. The minimum Gasteiger partial charge on any atom is -0.457 e. The summed E-state index contributed by atoms with van der Waals surface area (Å²) in [5, 5.41) is 0. The number of hydrogen-bond donors (Lipinski definition) is 0. The van der Waals surface area contributed by atoms with Crippen molar-refractivity contribution in [3.8, 4) is 33.8 Å². The maximum atomic E-state index is 12.1. The van der Waals surface area contributed by atoms with E-state index in [0.717, 1.165) is 52.3 Å². The lowest BCUT2D eigenvalue weighted by molar-refractivity contribution is -0.110. The Hall–Kier alpha value is -3.59. The lowest BCUT2D eigenvalue weighted by atomic mass is 9.78. The summed E-state index contributed by atoms with van der Waals surface area (Å²) in [7, 11) is 0. The summed E-state index contributed by atoms with van der Waals surface area (Å²) in [6.07, 6.45) is 3.32. The number of aromatic nitrogens is 1. The number of fused-ring (bicyclic) bond motifs is 1. The molecule has 154 valence electrons. The fraction of sp³-hybridized carbons (Fsp3) is 0.179. The molecule has 1 atom stereocenters. The Morgan fingerprint density at radius 1 is 0.839 bits per heavy atom. The van der Waals surface area contributed by atoms with Crippen LogP contribution >= 0.6 is 0 Å². The second kappa shape index (κ2) is 7.59. The van der Waals surface area contributed by atoms with Crippen molar-refractivity contribution in [3.63, 3.8) is 0 Å². The van der Waals surface area contributed by atoms with Gasteiger partial charge in [0.25, 0.3) is 0 Å². The van der Waals surface area contributed by atoms with Crippen molar-refractivity contribution in [2.24, 2.45) is 5.41 Å². The van der Waals surface area contributed by atoms with Crippen LogP contribution < -0.4 is 4.74 Å². The van der Waals surface area contributed by atoms with E-state index in [2.05, 4.69) is 61.0 Å². The number of carbonyl (C=O) groups excluding carboxylic acids is 1. The molecular formula is C28H25NO2. The topological polar surface area (TPSA) is 31.2 Å². The van der Waals surface area contributed by atoms with Crippen LogP contribution in [0.5, 0.6) is 11.5 Å². The van der Waals surface area contributed by atoms with Crippen LogP contribution in [-0.4, -0.2) is 10.9 Å². The maximum absolute atomic E-state index is 12.1. The quantitative estimate of drug-likeness (QED) is 0.336. The molecule has 0 amide bonds. The molecule has 0 bridgehead atoms. The Kier molecular flexibility index (Phi) is 4.74. The van der Waals surface area contributed by atoms with Gasteiger partial charge in [0, 0.05) is 29.6 Å². The van der Waals surface area contributed by atoms with Gasteiger partial charge in [-0.15, -0.1) is 0 Å². The van der Waals surface area contributed by atoms with Gasteiger partial charge in [-0.05, 0) is 40.8 Å². The highest BCUT2D eigenvalue weighted by Gasteiger charge is 2.42. The summed E-state index contributed by atoms with van der Waals surface area (Å²) in [6, 6.07) is 28.4. The molecule has 4 aromatic rings. The first kappa shape index (κ1) is 19.4. The van der Waals surface area contributed by atoms with E-state index in [9.17, 15) is 4.79 Å². The zero-order chi connectivity index (χ0) is 21.4. The molecule has 3 nitrogen and oxygen atoms in total. The molecule has 5 rings (SSSR count). The molecule has 0 saturated carbocycles. The smallest absolute Gasteiger partial charge is 0.129 e. The van der Waals surface area contributed by atoms with Crippen molar-refractivity contribution in [2.45, 2.75) is 26.3 Å². The van der Waals surface area contributed by atoms with Crippen LogP contribution in [0.1, 0.15) is 25.5 Å². The Morgan fingerprint density at radius 3 is 2.10 bits per heavy atom. The van der Waals surface area contributed by atoms with Gasteiger partial charge in [0.2, 0.25) is 0 Å². The average Bonchev–Trinajstić information content (AvgIpc) is 3.26. The highest BCUT2D eigenvalue weighted by atomic mass is 16.5. The van der Waals surface area contributed by atoms with Gasteiger partial charge in [-0.2, -0.15) is 0 Å². The predicted molar refractivity (Wildman–Crippen MR) is 124 cm³/mol. The summed E-state index contributed by atoms with van der Waals surface area (Å²) in [5.74, 6) is 1.49. The first-order chi connectivity index (χ1) is 15.1. The van der Waals surface area contributed by atoms with E-state index >= 15 is 0 Å². The fourth-order valence-corrected chi connectivity index (χ4v) is 4.65. The van der Waals surface area contributed by atoms with Crippen LogP contribution in [0.25, 0.3) is 22.3 Å². The van der Waals surface area contributed by atoms with Crippen LogP contribution in [0, 0.1) is 5.41 Å². The third-order valence-corrected chi connectivity index (χ3v) is 6.18. The lowest BCUT2D eigenvalue weighted by Gasteiger charge is -2.23. The number of rotatable bonds is 5. The Morgan fingerprint density at radius 2 is 1.45 bits per heavy atom. The molecular weight excluding hydrogens is 382 g/mol. The summed E-state index contributed by atoms with van der Waals surface area (Å²) in [5.41, 5.74) is 5.58. The van der Waals surface area contributed by atoms with E-state index in [0.29, 0.717) is 0 Å². The number of hydrogen-bond acceptors (Lipinski definition) is 2. The molecule has 0 fully saturated rings. The van der Waals surface area contributed by atoms with Crippen LogP contribution in [0.3, 0.4) is 0 Å². The fourth-order valence-electron chi connectivity index (χ4n) is 4.65. The van der Waals surface area contributed by atoms with Crippen molar-refractivity contribution in [1.82, 2.24) is 4.57 Å². The number of nitrogens with zero attached hydrogens (tertiary/aromatic N) is 1. The van der Waals surface area contributed by atoms with E-state index in [1.807, 2.05) is 48.5 Å². The molecule has 3 aromatic carbocycles. The Balaban J connectivity index is 1.58. The first-order valence-corrected chi connectivity index (χ1v) is 10.6. The molecule has 0 radical (unpaired) electrons. The second-order valence-corrected chi connectivity index (χ2v) is 8.84. The maximum Gasteiger partial charge on any atom is 0.129 e. The molecule has 1 aromatic heterocycles. The summed E-state index contributed by atoms with van der Waals surface area (Å²) in [4.78, 5) is 12.1. The number of para-hydroxylation sites is 1. The molecule has 0 N–H and O–H groups in total. The van der Waals surface area contributed by atoms with Crippen LogP contribution in [0.2, 0.25) is 0 Å². The summed E-state index contributed by atoms with van der Waals surface area (Å²) >= 11 is 0. The van der Waals surface area contributed by atoms with Crippen LogP contribution in [0.4, 0.5) is 0 Å². The van der Waals surface area contributed by atoms with E-state index in [4.69, 9.17) is 4.74 Å². The standard InChI is InChI=1S/C28H25NO2/c1-28(2)19-29-17-24(26(27(29)25(28)18-30)21-9-5-3-6-10-21)20-13-15-23(16-14-20)31-22-11-7-4-8-12-22/h3-18,25H,19H2,1-2H3. The molecule has 0 aliphatic carbocycles. The van der Waals surface area contributed by atoms with E-state index in [1.165, 1.54) is 0 Å². The molecule has 1 aliphatic heterocycles. The van der Waals surface area contributed by atoms with Gasteiger partial charge in [-0.25, -0.2) is 0 Å². The summed E-state index contributed by atoms with van der Waals surface area (Å²) < 4.78 is 8.22.